The van der Waals surface area contributed by atoms with Crippen LogP contribution in [0, 0.1) is 13.8 Å². The number of hydrogen-bond donors (Lipinski definition) is 4. The van der Waals surface area contributed by atoms with E-state index in [2.05, 4.69) is 20.6 Å². The Bertz CT molecular complexity index is 1910. The Morgan fingerprint density at radius 1 is 0.630 bits per heavy atom. The summed E-state index contributed by atoms with van der Waals surface area (Å²) in [4.78, 5) is 19.8. The smallest absolute Gasteiger partial charge is 0.858 e. The molecule has 0 radical (unpaired) electrons. The number of carbonyl (C=O) groups excluding carboxylic acids is 1. The van der Waals surface area contributed by atoms with Gasteiger partial charge in [-0.05, 0) is 96.4 Å². The summed E-state index contributed by atoms with van der Waals surface area (Å²) in [6.07, 6.45) is 0. The number of rotatable bonds is 8. The molecule has 0 unspecified atom stereocenters. The van der Waals surface area contributed by atoms with E-state index in [4.69, 9.17) is 0 Å². The Morgan fingerprint density at radius 3 is 1.35 bits per heavy atom. The van der Waals surface area contributed by atoms with Gasteiger partial charge < -0.3 is 20.8 Å². The molecule has 17 heteroatoms. The van der Waals surface area contributed by atoms with Gasteiger partial charge >= 0.3 is 65.1 Å². The first-order chi connectivity index (χ1) is 20.6. The van der Waals surface area contributed by atoms with Crippen molar-refractivity contribution >= 4 is 60.8 Å². The van der Waals surface area contributed by atoms with Crippen LogP contribution < -0.4 is 80.0 Å². The Morgan fingerprint density at radius 2 is 1.00 bits per heavy atom. The Hall–Kier alpha value is -3.09. The zero-order chi connectivity index (χ0) is 32.2. The van der Waals surface area contributed by atoms with Crippen LogP contribution in [0.1, 0.15) is 22.3 Å². The van der Waals surface area contributed by atoms with E-state index < -0.39 is 47.9 Å². The molecule has 0 saturated heterocycles. The molecule has 0 aromatic heterocycles. The molecule has 46 heavy (non-hydrogen) atoms. The van der Waals surface area contributed by atoms with Crippen LogP contribution in [0.5, 0.6) is 0 Å². The van der Waals surface area contributed by atoms with Gasteiger partial charge in [-0.15, -0.1) is 0 Å². The molecule has 0 heterocycles. The minimum Gasteiger partial charge on any atom is -0.858 e. The van der Waals surface area contributed by atoms with Crippen molar-refractivity contribution in [3.63, 3.8) is 0 Å². The number of anilines is 2. The van der Waals surface area contributed by atoms with E-state index in [-0.39, 0.29) is 93.0 Å². The van der Waals surface area contributed by atoms with E-state index in [9.17, 15) is 40.9 Å². The average Bonchev–Trinajstić information content (AvgIpc) is 2.94. The maximum Gasteiger partial charge on any atom is 1.00 e. The van der Waals surface area contributed by atoms with Gasteiger partial charge in [-0.2, -0.15) is 16.8 Å². The van der Waals surface area contributed by atoms with Crippen molar-refractivity contribution in [3.8, 4) is 0 Å². The first kappa shape index (κ1) is 39.1. The zero-order valence-corrected chi connectivity index (χ0v) is 30.7. The summed E-state index contributed by atoms with van der Waals surface area (Å²) in [5.41, 5.74) is 1.94. The number of hydrogen-bond acceptors (Lipinski definition) is 9. The molecule has 4 aromatic rings. The number of urea groups is 1. The predicted octanol–water partition coefficient (Wildman–Crippen LogP) is -2.67. The van der Waals surface area contributed by atoms with Gasteiger partial charge in [-0.25, -0.2) is 4.79 Å². The molecule has 4 N–H and O–H groups in total. The van der Waals surface area contributed by atoms with E-state index in [1.54, 1.807) is 26.0 Å². The Labute approximate surface area is 309 Å². The van der Waals surface area contributed by atoms with E-state index in [1.807, 2.05) is 0 Å². The quantitative estimate of drug-likeness (QED) is 0.0658. The van der Waals surface area contributed by atoms with Crippen molar-refractivity contribution in [3.05, 3.63) is 107 Å². The number of amides is 2. The van der Waals surface area contributed by atoms with Gasteiger partial charge in [0.25, 0.3) is 20.2 Å². The molecule has 4 rings (SSSR count). The SMILES string of the molecule is Cc1ccc(C([O-])=Nc2cccc(S(=O)(=O)O)c2)cc1NC(=O)Nc1cc(C([O-])=Nc2cccc(S(=O)(=O)O)c2)ccc1C.[Na+].[Na+]. The fourth-order valence-electron chi connectivity index (χ4n) is 3.85. The normalized spacial score (nSPS) is 12.0. The van der Waals surface area contributed by atoms with Gasteiger partial charge in [0.2, 0.25) is 0 Å². The molecule has 0 saturated carbocycles. The molecule has 0 aliphatic heterocycles. The zero-order valence-electron chi connectivity index (χ0n) is 25.0. The van der Waals surface area contributed by atoms with Crippen molar-refractivity contribution in [2.24, 2.45) is 9.98 Å². The van der Waals surface area contributed by atoms with Crippen molar-refractivity contribution in [2.45, 2.75) is 23.6 Å². The molecule has 13 nitrogen and oxygen atoms in total. The van der Waals surface area contributed by atoms with Gasteiger partial charge in [0.1, 0.15) is 0 Å². The van der Waals surface area contributed by atoms with Crippen LogP contribution >= 0.6 is 0 Å². The summed E-state index contributed by atoms with van der Waals surface area (Å²) < 4.78 is 64.0. The molecule has 0 atom stereocenters. The van der Waals surface area contributed by atoms with Gasteiger partial charge in [0, 0.05) is 11.4 Å². The molecule has 2 amide bonds. The summed E-state index contributed by atoms with van der Waals surface area (Å²) in [6, 6.07) is 18.0. The topological polar surface area (TPSA) is 221 Å². The molecule has 4 aromatic carbocycles. The second kappa shape index (κ2) is 16.1. The van der Waals surface area contributed by atoms with Gasteiger partial charge in [0.05, 0.1) is 21.2 Å². The third-order valence-electron chi connectivity index (χ3n) is 6.16. The second-order valence-electron chi connectivity index (χ2n) is 9.42. The largest absolute Gasteiger partial charge is 1.00 e. The molecule has 0 aliphatic carbocycles. The van der Waals surface area contributed by atoms with Crippen molar-refractivity contribution in [1.82, 2.24) is 0 Å². The summed E-state index contributed by atoms with van der Waals surface area (Å²) in [5.74, 6) is -1.46. The summed E-state index contributed by atoms with van der Waals surface area (Å²) >= 11 is 0. The minimum absolute atomic E-state index is 0. The number of carbonyl (C=O) groups is 1. The van der Waals surface area contributed by atoms with Crippen LogP contribution in [0.15, 0.2) is 105 Å². The van der Waals surface area contributed by atoms with Crippen LogP contribution in [-0.2, 0) is 20.2 Å². The number of aryl methyl sites for hydroxylation is 2. The fraction of sp³-hybridized carbons (Fsp3) is 0.0690. The van der Waals surface area contributed by atoms with Crippen LogP contribution in [0.2, 0.25) is 0 Å². The molecule has 0 aliphatic rings. The van der Waals surface area contributed by atoms with Crippen LogP contribution in [0.4, 0.5) is 27.5 Å². The van der Waals surface area contributed by atoms with Crippen molar-refractivity contribution in [1.29, 1.82) is 0 Å². The van der Waals surface area contributed by atoms with Gasteiger partial charge in [0.15, 0.2) is 0 Å². The first-order valence-corrected chi connectivity index (χ1v) is 15.4. The van der Waals surface area contributed by atoms with E-state index in [0.717, 1.165) is 24.3 Å². The van der Waals surface area contributed by atoms with Gasteiger partial charge in [-0.3, -0.25) is 19.1 Å². The molecule has 0 bridgehead atoms. The molecule has 228 valence electrons. The standard InChI is InChI=1S/C29H26N4O9S2.2Na/c1-17-9-11-19(27(34)30-21-5-3-7-23(15-21)43(37,38)39)13-25(17)32-29(36)33-26-14-20(12-10-18(26)2)28(35)31-22-6-4-8-24(16-22)44(40,41)42;;/h3-16H,1-2H3,(H,30,34)(H,31,35)(H2,32,33,36)(H,37,38,39)(H,40,41,42);;/q;2*+1/p-2. The molecule has 0 spiro atoms. The van der Waals surface area contributed by atoms with Crippen LogP contribution in [0.25, 0.3) is 0 Å². The summed E-state index contributed by atoms with van der Waals surface area (Å²) in [7, 11) is -8.97. The maximum atomic E-state index is 12.9. The van der Waals surface area contributed by atoms with E-state index >= 15 is 0 Å². The molecule has 0 fully saturated rings. The number of nitrogens with zero attached hydrogens (tertiary/aromatic N) is 2. The minimum atomic E-state index is -4.49. The molecular weight excluding hydrogens is 658 g/mol. The van der Waals surface area contributed by atoms with Gasteiger partial charge in [-0.1, -0.05) is 36.4 Å². The van der Waals surface area contributed by atoms with Crippen LogP contribution in [-0.4, -0.2) is 43.8 Å². The summed E-state index contributed by atoms with van der Waals surface area (Å²) in [5, 5.41) is 30.8. The van der Waals surface area contributed by atoms with Crippen LogP contribution in [0.3, 0.4) is 0 Å². The second-order valence-corrected chi connectivity index (χ2v) is 12.3. The Kier molecular flexibility index (Phi) is 13.7. The number of nitrogens with one attached hydrogen (secondary N) is 2. The fourth-order valence-corrected chi connectivity index (χ4v) is 4.89. The third-order valence-corrected chi connectivity index (χ3v) is 7.86. The van der Waals surface area contributed by atoms with E-state index in [1.165, 1.54) is 48.5 Å². The molecular formula is C29H24N4Na2O9S2. The van der Waals surface area contributed by atoms with Crippen molar-refractivity contribution in [2.75, 3.05) is 10.6 Å². The number of benzene rings is 4. The predicted molar refractivity (Wildman–Crippen MR) is 160 cm³/mol. The monoisotopic (exact) mass is 682 g/mol. The maximum absolute atomic E-state index is 12.9. The number of aliphatic imine (C=N–C) groups is 2. The first-order valence-electron chi connectivity index (χ1n) is 12.6. The average molecular weight is 683 g/mol. The van der Waals surface area contributed by atoms with E-state index in [0.29, 0.717) is 11.1 Å². The summed E-state index contributed by atoms with van der Waals surface area (Å²) in [6.45, 7) is 3.39. The Balaban J connectivity index is 0.00000368. The van der Waals surface area contributed by atoms with Crippen molar-refractivity contribution < 1.29 is 100 Å². The third kappa shape index (κ3) is 10.5.